The third-order valence-corrected chi connectivity index (χ3v) is 5.07. The zero-order chi connectivity index (χ0) is 17.4. The van der Waals surface area contributed by atoms with Gasteiger partial charge < -0.3 is 14.6 Å². The fraction of sp³-hybridized carbons (Fsp3) is 0.300. The van der Waals surface area contributed by atoms with Crippen LogP contribution in [0, 0.1) is 0 Å². The number of aromatic nitrogens is 2. The first-order valence-electron chi connectivity index (χ1n) is 8.58. The van der Waals surface area contributed by atoms with Gasteiger partial charge in [-0.3, -0.25) is 4.98 Å². The van der Waals surface area contributed by atoms with E-state index in [1.165, 1.54) is 16.8 Å². The van der Waals surface area contributed by atoms with Gasteiger partial charge in [0.1, 0.15) is 0 Å². The molecule has 27 heavy (non-hydrogen) atoms. The first kappa shape index (κ1) is 21.2. The predicted molar refractivity (Wildman–Crippen MR) is 111 cm³/mol. The van der Waals surface area contributed by atoms with Crippen molar-refractivity contribution in [2.75, 3.05) is 13.6 Å². The molecule has 0 unspecified atom stereocenters. The minimum atomic E-state index is -0.871. The van der Waals surface area contributed by atoms with Gasteiger partial charge in [-0.2, -0.15) is 0 Å². The van der Waals surface area contributed by atoms with Crippen LogP contribution in [0.5, 0.6) is 0 Å². The summed E-state index contributed by atoms with van der Waals surface area (Å²) in [5.74, 6) is -0.871. The number of carbonyl (C=O) groups is 1. The van der Waals surface area contributed by atoms with Crippen molar-refractivity contribution in [3.63, 3.8) is 0 Å². The number of hydrogen-bond donors (Lipinski definition) is 1. The van der Waals surface area contributed by atoms with Gasteiger partial charge in [0.05, 0.1) is 5.56 Å². The molecule has 1 aromatic carbocycles. The summed E-state index contributed by atoms with van der Waals surface area (Å²) in [6.07, 6.45) is 5.59. The molecule has 3 aromatic rings. The highest BCUT2D eigenvalue weighted by Gasteiger charge is 2.23. The zero-order valence-corrected chi connectivity index (χ0v) is 16.7. The van der Waals surface area contributed by atoms with Gasteiger partial charge in [0.25, 0.3) is 0 Å². The lowest BCUT2D eigenvalue weighted by Crippen LogP contribution is -2.27. The molecule has 4 rings (SSSR count). The predicted octanol–water partition coefficient (Wildman–Crippen LogP) is 3.81. The highest BCUT2D eigenvalue weighted by atomic mass is 35.5. The molecule has 0 spiro atoms. The molecule has 1 aliphatic rings. The topological polar surface area (TPSA) is 58.4 Å². The van der Waals surface area contributed by atoms with Crippen LogP contribution in [0.2, 0.25) is 0 Å². The summed E-state index contributed by atoms with van der Waals surface area (Å²) in [7, 11) is 2.12. The number of halogens is 2. The molecule has 0 saturated heterocycles. The third kappa shape index (κ3) is 4.10. The maximum absolute atomic E-state index is 11.4. The summed E-state index contributed by atoms with van der Waals surface area (Å²) >= 11 is 0. The second-order valence-electron chi connectivity index (χ2n) is 6.71. The molecular formula is C20H23Cl2N3O2. The average Bonchev–Trinajstić information content (AvgIpc) is 2.93. The number of carboxylic acid groups (broad SMARTS) is 1. The number of likely N-dealkylation sites (N-methyl/N-ethyl adjacent to an activating group) is 1. The summed E-state index contributed by atoms with van der Waals surface area (Å²) in [6.45, 7) is 2.80. The lowest BCUT2D eigenvalue weighted by atomic mass is 10.0. The van der Waals surface area contributed by atoms with E-state index in [0.717, 1.165) is 43.4 Å². The van der Waals surface area contributed by atoms with Crippen molar-refractivity contribution < 1.29 is 9.90 Å². The van der Waals surface area contributed by atoms with Crippen molar-refractivity contribution in [3.05, 3.63) is 65.1 Å². The zero-order valence-electron chi connectivity index (χ0n) is 15.1. The summed E-state index contributed by atoms with van der Waals surface area (Å²) in [5.41, 5.74) is 5.39. The Morgan fingerprint density at radius 3 is 2.63 bits per heavy atom. The SMILES string of the molecule is CN1CCc2c(c3cc(C(=O)O)ccc3n2CCc2ccncc2)C1.Cl.Cl. The lowest BCUT2D eigenvalue weighted by molar-refractivity contribution is 0.0697. The van der Waals surface area contributed by atoms with Crippen LogP contribution in [0.3, 0.4) is 0 Å². The van der Waals surface area contributed by atoms with E-state index in [-0.39, 0.29) is 24.8 Å². The quantitative estimate of drug-likeness (QED) is 0.714. The number of nitrogens with zero attached hydrogens (tertiary/aromatic N) is 3. The molecule has 0 fully saturated rings. The van der Waals surface area contributed by atoms with E-state index in [1.54, 1.807) is 6.07 Å². The van der Waals surface area contributed by atoms with Gasteiger partial charge in [0.2, 0.25) is 0 Å². The number of carboxylic acids is 1. The Kier molecular flexibility index (Phi) is 6.87. The van der Waals surface area contributed by atoms with Gasteiger partial charge >= 0.3 is 5.97 Å². The number of benzene rings is 1. The largest absolute Gasteiger partial charge is 0.478 e. The van der Waals surface area contributed by atoms with Crippen molar-refractivity contribution >= 4 is 41.7 Å². The maximum Gasteiger partial charge on any atom is 0.335 e. The molecule has 3 heterocycles. The van der Waals surface area contributed by atoms with Gasteiger partial charge in [0.15, 0.2) is 0 Å². The number of aryl methyl sites for hydroxylation is 2. The fourth-order valence-electron chi connectivity index (χ4n) is 3.76. The molecule has 0 radical (unpaired) electrons. The Morgan fingerprint density at radius 2 is 1.93 bits per heavy atom. The van der Waals surface area contributed by atoms with Crippen LogP contribution in [0.15, 0.2) is 42.7 Å². The average molecular weight is 408 g/mol. The molecule has 0 bridgehead atoms. The normalized spacial score (nSPS) is 13.5. The number of fused-ring (bicyclic) bond motifs is 3. The molecule has 5 nitrogen and oxygen atoms in total. The number of pyridine rings is 1. The third-order valence-electron chi connectivity index (χ3n) is 5.07. The summed E-state index contributed by atoms with van der Waals surface area (Å²) in [4.78, 5) is 17.7. The highest BCUT2D eigenvalue weighted by Crippen LogP contribution is 2.31. The second kappa shape index (κ2) is 8.74. The van der Waals surface area contributed by atoms with E-state index in [2.05, 4.69) is 33.6 Å². The van der Waals surface area contributed by atoms with Crippen molar-refractivity contribution in [3.8, 4) is 0 Å². The van der Waals surface area contributed by atoms with Crippen molar-refractivity contribution in [1.82, 2.24) is 14.5 Å². The van der Waals surface area contributed by atoms with Crippen molar-refractivity contribution in [2.24, 2.45) is 0 Å². The van der Waals surface area contributed by atoms with Crippen LogP contribution in [0.1, 0.15) is 27.2 Å². The Hall–Kier alpha value is -2.08. The summed E-state index contributed by atoms with van der Waals surface area (Å²) < 4.78 is 2.38. The van der Waals surface area contributed by atoms with Crippen LogP contribution < -0.4 is 0 Å². The first-order valence-corrected chi connectivity index (χ1v) is 8.58. The number of rotatable bonds is 4. The standard InChI is InChI=1S/C20H21N3O2.2ClH/c1-22-10-7-19-17(13-22)16-12-15(20(24)25)2-3-18(16)23(19)11-6-14-4-8-21-9-5-14;;/h2-5,8-9,12H,6-7,10-11,13H2,1H3,(H,24,25);2*1H. The number of hydrogen-bond acceptors (Lipinski definition) is 3. The molecule has 0 aliphatic carbocycles. The van der Waals surface area contributed by atoms with Gasteiger partial charge in [0, 0.05) is 55.0 Å². The van der Waals surface area contributed by atoms with Crippen molar-refractivity contribution in [1.29, 1.82) is 0 Å². The minimum absolute atomic E-state index is 0. The molecular weight excluding hydrogens is 385 g/mol. The molecule has 2 aromatic heterocycles. The number of aromatic carboxylic acids is 1. The van der Waals surface area contributed by atoms with E-state index in [9.17, 15) is 9.90 Å². The van der Waals surface area contributed by atoms with Gasteiger partial charge in [-0.05, 0) is 54.9 Å². The van der Waals surface area contributed by atoms with Gasteiger partial charge in [-0.1, -0.05) is 0 Å². The summed E-state index contributed by atoms with van der Waals surface area (Å²) in [5, 5.41) is 10.4. The minimum Gasteiger partial charge on any atom is -0.478 e. The molecule has 0 atom stereocenters. The van der Waals surface area contributed by atoms with Crippen LogP contribution >= 0.6 is 24.8 Å². The van der Waals surface area contributed by atoms with Crippen molar-refractivity contribution in [2.45, 2.75) is 25.9 Å². The van der Waals surface area contributed by atoms with E-state index in [0.29, 0.717) is 5.56 Å². The van der Waals surface area contributed by atoms with Crippen LogP contribution in [-0.4, -0.2) is 39.1 Å². The molecule has 1 N–H and O–H groups in total. The van der Waals surface area contributed by atoms with E-state index in [4.69, 9.17) is 0 Å². The Morgan fingerprint density at radius 1 is 1.19 bits per heavy atom. The lowest BCUT2D eigenvalue weighted by Gasteiger charge is -2.24. The molecule has 7 heteroatoms. The molecule has 0 saturated carbocycles. The van der Waals surface area contributed by atoms with E-state index >= 15 is 0 Å². The van der Waals surface area contributed by atoms with Crippen LogP contribution in [0.25, 0.3) is 10.9 Å². The molecule has 144 valence electrons. The van der Waals surface area contributed by atoms with Crippen LogP contribution in [0.4, 0.5) is 0 Å². The Bertz CT molecular complexity index is 941. The Balaban J connectivity index is 0.00000131. The Labute approximate surface area is 170 Å². The molecule has 1 aliphatic heterocycles. The van der Waals surface area contributed by atoms with E-state index < -0.39 is 5.97 Å². The van der Waals surface area contributed by atoms with Crippen LogP contribution in [-0.2, 0) is 25.9 Å². The second-order valence-corrected chi connectivity index (χ2v) is 6.71. The van der Waals surface area contributed by atoms with E-state index in [1.807, 2.05) is 24.5 Å². The first-order chi connectivity index (χ1) is 12.1. The smallest absolute Gasteiger partial charge is 0.335 e. The fourth-order valence-corrected chi connectivity index (χ4v) is 3.76. The summed E-state index contributed by atoms with van der Waals surface area (Å²) in [6, 6.07) is 9.61. The van der Waals surface area contributed by atoms with Gasteiger partial charge in [-0.25, -0.2) is 4.79 Å². The van der Waals surface area contributed by atoms with Gasteiger partial charge in [-0.15, -0.1) is 24.8 Å². The monoisotopic (exact) mass is 407 g/mol. The maximum atomic E-state index is 11.4. The molecule has 0 amide bonds. The highest BCUT2D eigenvalue weighted by molar-refractivity contribution is 5.95.